The van der Waals surface area contributed by atoms with Gasteiger partial charge in [0.15, 0.2) is 0 Å². The molecule has 1 aromatic carbocycles. The summed E-state index contributed by atoms with van der Waals surface area (Å²) in [6.07, 6.45) is 3.96. The maximum absolute atomic E-state index is 4.40. The molecule has 4 nitrogen and oxygen atoms in total. The molecule has 2 aliphatic rings. The van der Waals surface area contributed by atoms with Crippen LogP contribution >= 0.6 is 0 Å². The maximum atomic E-state index is 4.40. The first kappa shape index (κ1) is 11.7. The first-order valence-corrected chi connectivity index (χ1v) is 6.76. The van der Waals surface area contributed by atoms with Gasteiger partial charge in [-0.3, -0.25) is 9.91 Å². The highest BCUT2D eigenvalue weighted by atomic mass is 15.6. The van der Waals surface area contributed by atoms with Crippen molar-refractivity contribution in [1.82, 2.24) is 9.91 Å². The zero-order valence-electron chi connectivity index (χ0n) is 10.9. The fourth-order valence-electron chi connectivity index (χ4n) is 2.98. The lowest BCUT2D eigenvalue weighted by Crippen LogP contribution is -2.57. The van der Waals surface area contributed by atoms with Crippen molar-refractivity contribution in [2.45, 2.75) is 31.3 Å². The fraction of sp³-hybridized carbons (Fsp3) is 0.571. The van der Waals surface area contributed by atoms with E-state index in [9.17, 15) is 0 Å². The third kappa shape index (κ3) is 2.38. The smallest absolute Gasteiger partial charge is 0.0874 e. The monoisotopic (exact) mass is 244 g/mol. The molecule has 0 aromatic heterocycles. The minimum Gasteiger partial charge on any atom is -0.297 e. The number of hydrogen-bond acceptors (Lipinski definition) is 3. The third-order valence-electron chi connectivity index (χ3n) is 4.11. The van der Waals surface area contributed by atoms with E-state index in [0.29, 0.717) is 12.1 Å². The van der Waals surface area contributed by atoms with Crippen LogP contribution in [0.5, 0.6) is 0 Å². The van der Waals surface area contributed by atoms with Gasteiger partial charge in [0, 0.05) is 12.1 Å². The summed E-state index contributed by atoms with van der Waals surface area (Å²) in [7, 11) is 2.25. The van der Waals surface area contributed by atoms with Crippen LogP contribution in [0, 0.1) is 0 Å². The van der Waals surface area contributed by atoms with Crippen molar-refractivity contribution in [3.05, 3.63) is 30.3 Å². The number of benzene rings is 1. The van der Waals surface area contributed by atoms with Crippen molar-refractivity contribution < 1.29 is 0 Å². The second-order valence-electron chi connectivity index (χ2n) is 5.30. The molecule has 2 fully saturated rings. The molecule has 2 atom stereocenters. The lowest BCUT2D eigenvalue weighted by atomic mass is 9.93. The Bertz CT molecular complexity index is 403. The van der Waals surface area contributed by atoms with Gasteiger partial charge in [0.25, 0.3) is 0 Å². The quantitative estimate of drug-likeness (QED) is 0.749. The van der Waals surface area contributed by atoms with E-state index in [4.69, 9.17) is 0 Å². The molecule has 0 unspecified atom stereocenters. The van der Waals surface area contributed by atoms with Gasteiger partial charge in [-0.1, -0.05) is 29.8 Å². The molecule has 0 radical (unpaired) electrons. The largest absolute Gasteiger partial charge is 0.297 e. The number of hydrogen-bond donors (Lipinski definition) is 0. The van der Waals surface area contributed by atoms with Crippen LogP contribution in [0.1, 0.15) is 19.3 Å². The van der Waals surface area contributed by atoms with Crippen LogP contribution in [0.2, 0.25) is 0 Å². The molecule has 2 saturated heterocycles. The summed E-state index contributed by atoms with van der Waals surface area (Å²) in [6, 6.07) is 11.3. The standard InChI is InChI=1S/C14H20N4/c1-17-13-8-5-9-14(17)11-18(10-13)16-15-12-6-3-2-4-7-12/h2-4,6-7,13-14H,5,8-11H2,1H3/t13-,14-/m1/s1. The lowest BCUT2D eigenvalue weighted by molar-refractivity contribution is 0.00759. The lowest BCUT2D eigenvalue weighted by Gasteiger charge is -2.47. The molecule has 0 spiro atoms. The fourth-order valence-corrected chi connectivity index (χ4v) is 2.98. The van der Waals surface area contributed by atoms with Crippen LogP contribution in [0.4, 0.5) is 5.69 Å². The Morgan fingerprint density at radius 2 is 1.72 bits per heavy atom. The zero-order chi connectivity index (χ0) is 12.4. The highest BCUT2D eigenvalue weighted by Gasteiger charge is 2.34. The highest BCUT2D eigenvalue weighted by molar-refractivity contribution is 5.34. The minimum absolute atomic E-state index is 0.659. The van der Waals surface area contributed by atoms with Gasteiger partial charge < -0.3 is 0 Å². The molecule has 2 heterocycles. The molecule has 1 aromatic rings. The molecule has 18 heavy (non-hydrogen) atoms. The summed E-state index contributed by atoms with van der Waals surface area (Å²) in [6.45, 7) is 2.03. The number of piperazine rings is 1. The molecule has 0 aliphatic carbocycles. The predicted octanol–water partition coefficient (Wildman–Crippen LogP) is 2.85. The summed E-state index contributed by atoms with van der Waals surface area (Å²) in [4.78, 5) is 2.53. The van der Waals surface area contributed by atoms with Crippen LogP contribution in [0.3, 0.4) is 0 Å². The van der Waals surface area contributed by atoms with Crippen LogP contribution in [0.15, 0.2) is 40.7 Å². The van der Waals surface area contributed by atoms with Crippen LogP contribution in [0.25, 0.3) is 0 Å². The predicted molar refractivity (Wildman–Crippen MR) is 71.7 cm³/mol. The van der Waals surface area contributed by atoms with Crippen LogP contribution < -0.4 is 0 Å². The average Bonchev–Trinajstić information content (AvgIpc) is 2.38. The van der Waals surface area contributed by atoms with Gasteiger partial charge in [0.2, 0.25) is 0 Å². The van der Waals surface area contributed by atoms with E-state index in [-0.39, 0.29) is 0 Å². The molecule has 0 saturated carbocycles. The van der Waals surface area contributed by atoms with Gasteiger partial charge in [0.1, 0.15) is 0 Å². The first-order chi connectivity index (χ1) is 8.83. The van der Waals surface area contributed by atoms with Gasteiger partial charge in [-0.2, -0.15) is 0 Å². The van der Waals surface area contributed by atoms with Crippen molar-refractivity contribution in [3.63, 3.8) is 0 Å². The van der Waals surface area contributed by atoms with Crippen LogP contribution in [-0.2, 0) is 0 Å². The van der Waals surface area contributed by atoms with E-state index in [1.165, 1.54) is 19.3 Å². The van der Waals surface area contributed by atoms with E-state index in [0.717, 1.165) is 18.8 Å². The molecule has 96 valence electrons. The molecule has 0 amide bonds. The molecule has 3 rings (SSSR count). The summed E-state index contributed by atoms with van der Waals surface area (Å²) < 4.78 is 0. The Balaban J connectivity index is 1.66. The van der Waals surface area contributed by atoms with Gasteiger partial charge in [-0.25, -0.2) is 0 Å². The van der Waals surface area contributed by atoms with Crippen LogP contribution in [-0.4, -0.2) is 42.1 Å². The second-order valence-corrected chi connectivity index (χ2v) is 5.30. The Labute approximate surface area is 108 Å². The maximum Gasteiger partial charge on any atom is 0.0874 e. The topological polar surface area (TPSA) is 31.2 Å². The highest BCUT2D eigenvalue weighted by Crippen LogP contribution is 2.27. The van der Waals surface area contributed by atoms with Gasteiger partial charge in [0.05, 0.1) is 18.8 Å². The SMILES string of the molecule is CN1[C@@H]2CCC[C@@H]1CN(N=Nc1ccccc1)C2. The normalized spacial score (nSPS) is 28.8. The second kappa shape index (κ2) is 5.06. The molecule has 2 aliphatic heterocycles. The van der Waals surface area contributed by atoms with E-state index in [1.54, 1.807) is 0 Å². The zero-order valence-corrected chi connectivity index (χ0v) is 10.9. The molecular weight excluding hydrogens is 224 g/mol. The van der Waals surface area contributed by atoms with Crippen molar-refractivity contribution in [3.8, 4) is 0 Å². The van der Waals surface area contributed by atoms with E-state index in [2.05, 4.69) is 27.3 Å². The van der Waals surface area contributed by atoms with Gasteiger partial charge >= 0.3 is 0 Å². The first-order valence-electron chi connectivity index (χ1n) is 6.76. The van der Waals surface area contributed by atoms with Crippen molar-refractivity contribution in [2.24, 2.45) is 10.3 Å². The van der Waals surface area contributed by atoms with Crippen molar-refractivity contribution in [1.29, 1.82) is 0 Å². The molecular formula is C14H20N4. The average molecular weight is 244 g/mol. The number of fused-ring (bicyclic) bond motifs is 2. The molecule has 0 N–H and O–H groups in total. The summed E-state index contributed by atoms with van der Waals surface area (Å²) in [5, 5.41) is 10.9. The van der Waals surface area contributed by atoms with E-state index in [1.807, 2.05) is 30.3 Å². The molecule has 2 bridgehead atoms. The summed E-state index contributed by atoms with van der Waals surface area (Å²) >= 11 is 0. The van der Waals surface area contributed by atoms with Crippen molar-refractivity contribution in [2.75, 3.05) is 20.1 Å². The van der Waals surface area contributed by atoms with Gasteiger partial charge in [-0.05, 0) is 32.0 Å². The Kier molecular flexibility index (Phi) is 3.28. The number of nitrogens with zero attached hydrogens (tertiary/aromatic N) is 4. The van der Waals surface area contributed by atoms with Crippen molar-refractivity contribution >= 4 is 5.69 Å². The Morgan fingerprint density at radius 3 is 2.39 bits per heavy atom. The molecule has 4 heteroatoms. The summed E-state index contributed by atoms with van der Waals surface area (Å²) in [5.41, 5.74) is 0.932. The van der Waals surface area contributed by atoms with Gasteiger partial charge in [-0.15, -0.1) is 5.11 Å². The summed E-state index contributed by atoms with van der Waals surface area (Å²) in [5.74, 6) is 0. The minimum atomic E-state index is 0.659. The Hall–Kier alpha value is -1.42. The third-order valence-corrected chi connectivity index (χ3v) is 4.11. The van der Waals surface area contributed by atoms with E-state index < -0.39 is 0 Å². The number of rotatable bonds is 2. The van der Waals surface area contributed by atoms with E-state index >= 15 is 0 Å². The number of likely N-dealkylation sites (N-methyl/N-ethyl adjacent to an activating group) is 1. The number of piperidine rings is 1. The Morgan fingerprint density at radius 1 is 1.06 bits per heavy atom.